The van der Waals surface area contributed by atoms with Gasteiger partial charge in [-0.15, -0.1) is 0 Å². The van der Waals surface area contributed by atoms with Crippen molar-refractivity contribution in [2.24, 2.45) is 0 Å². The second-order valence-electron chi connectivity index (χ2n) is 7.65. The summed E-state index contributed by atoms with van der Waals surface area (Å²) in [4.78, 5) is 16.8. The summed E-state index contributed by atoms with van der Waals surface area (Å²) >= 11 is 0. The number of aromatic amines is 1. The minimum atomic E-state index is -0.128. The Morgan fingerprint density at radius 2 is 2.00 bits per heavy atom. The summed E-state index contributed by atoms with van der Waals surface area (Å²) in [5.41, 5.74) is 1.43. The molecule has 1 N–H and O–H groups in total. The summed E-state index contributed by atoms with van der Waals surface area (Å²) in [5, 5.41) is 7.04. The number of carbonyl (C=O) groups is 1. The summed E-state index contributed by atoms with van der Waals surface area (Å²) in [5.74, 6) is 0.0260. The van der Waals surface area contributed by atoms with E-state index in [9.17, 15) is 4.79 Å². The Labute approximate surface area is 139 Å². The molecule has 6 nitrogen and oxygen atoms in total. The molecule has 0 bridgehead atoms. The molecule has 2 heterocycles. The Hall–Kier alpha value is -1.40. The van der Waals surface area contributed by atoms with Gasteiger partial charge in [0.15, 0.2) is 0 Å². The van der Waals surface area contributed by atoms with Gasteiger partial charge in [0.25, 0.3) is 5.91 Å². The van der Waals surface area contributed by atoms with E-state index in [4.69, 9.17) is 4.74 Å². The Bertz CT molecular complexity index is 525. The van der Waals surface area contributed by atoms with Crippen LogP contribution >= 0.6 is 0 Å². The van der Waals surface area contributed by atoms with Gasteiger partial charge in [0.2, 0.25) is 0 Å². The van der Waals surface area contributed by atoms with E-state index in [0.717, 1.165) is 25.3 Å². The number of H-pyrrole nitrogens is 1. The number of aromatic nitrogens is 2. The van der Waals surface area contributed by atoms with Crippen molar-refractivity contribution in [2.75, 3.05) is 33.2 Å². The zero-order chi connectivity index (χ0) is 17.2. The molecule has 1 fully saturated rings. The lowest BCUT2D eigenvalue weighted by Crippen LogP contribution is -2.48. The number of likely N-dealkylation sites (N-methyl/N-ethyl adjacent to an activating group) is 1. The fourth-order valence-corrected chi connectivity index (χ4v) is 3.09. The van der Waals surface area contributed by atoms with E-state index < -0.39 is 0 Å². The molecule has 1 amide bonds. The quantitative estimate of drug-likeness (QED) is 0.919. The Kier molecular flexibility index (Phi) is 5.47. The summed E-state index contributed by atoms with van der Waals surface area (Å²) in [6.45, 7) is 13.8. The van der Waals surface area contributed by atoms with Gasteiger partial charge in [-0.25, -0.2) is 0 Å². The van der Waals surface area contributed by atoms with Crippen molar-refractivity contribution in [1.29, 1.82) is 0 Å². The lowest BCUT2D eigenvalue weighted by molar-refractivity contribution is -0.0685. The second-order valence-corrected chi connectivity index (χ2v) is 7.65. The predicted octanol–water partition coefficient (Wildman–Crippen LogP) is 1.89. The highest BCUT2D eigenvalue weighted by atomic mass is 16.5. The first-order chi connectivity index (χ1) is 10.7. The van der Waals surface area contributed by atoms with Crippen LogP contribution in [0.2, 0.25) is 0 Å². The number of nitrogens with zero attached hydrogens (tertiary/aromatic N) is 3. The number of nitrogens with one attached hydrogen (secondary N) is 1. The maximum atomic E-state index is 12.7. The maximum absolute atomic E-state index is 12.7. The van der Waals surface area contributed by atoms with Crippen LogP contribution in [-0.2, 0) is 10.2 Å². The van der Waals surface area contributed by atoms with Gasteiger partial charge in [0.1, 0.15) is 0 Å². The average Bonchev–Trinajstić information content (AvgIpc) is 2.92. The molecule has 130 valence electrons. The summed E-state index contributed by atoms with van der Waals surface area (Å²) in [7, 11) is 1.86. The van der Waals surface area contributed by atoms with E-state index in [1.54, 1.807) is 11.1 Å². The average molecular weight is 322 g/mol. The summed E-state index contributed by atoms with van der Waals surface area (Å²) in [6, 6.07) is 0. The summed E-state index contributed by atoms with van der Waals surface area (Å²) < 4.78 is 5.75. The number of rotatable bonds is 4. The van der Waals surface area contributed by atoms with Crippen molar-refractivity contribution < 1.29 is 9.53 Å². The molecule has 0 aliphatic carbocycles. The van der Waals surface area contributed by atoms with Crippen LogP contribution in [0.5, 0.6) is 0 Å². The molecule has 0 aromatic carbocycles. The smallest absolute Gasteiger partial charge is 0.257 e. The van der Waals surface area contributed by atoms with E-state index in [-0.39, 0.29) is 23.5 Å². The molecule has 2 rings (SSSR count). The first kappa shape index (κ1) is 17.9. The van der Waals surface area contributed by atoms with Gasteiger partial charge < -0.3 is 9.64 Å². The van der Waals surface area contributed by atoms with Crippen LogP contribution in [-0.4, -0.2) is 71.3 Å². The topological polar surface area (TPSA) is 61.5 Å². The molecule has 6 heteroatoms. The molecule has 0 saturated carbocycles. The van der Waals surface area contributed by atoms with Gasteiger partial charge in [0.05, 0.1) is 29.7 Å². The number of amides is 1. The SMILES string of the molecule is C[C@@H]1CN(CCN(C)C(=O)c2cn[nH]c2C(C)(C)C)C[C@H](C)O1. The molecular formula is C17H30N4O2. The van der Waals surface area contributed by atoms with Crippen molar-refractivity contribution >= 4 is 5.91 Å². The van der Waals surface area contributed by atoms with Crippen molar-refractivity contribution in [2.45, 2.75) is 52.2 Å². The standard InChI is InChI=1S/C17H30N4O2/c1-12-10-21(11-13(2)23-12)8-7-20(6)16(22)14-9-18-19-15(14)17(3,4)5/h9,12-13H,7-8,10-11H2,1-6H3,(H,18,19)/t12-,13+. The van der Waals surface area contributed by atoms with Crippen molar-refractivity contribution in [3.05, 3.63) is 17.5 Å². The fourth-order valence-electron chi connectivity index (χ4n) is 3.09. The number of hydrogen-bond donors (Lipinski definition) is 1. The molecule has 0 unspecified atom stereocenters. The summed E-state index contributed by atoms with van der Waals surface area (Å²) in [6.07, 6.45) is 2.14. The van der Waals surface area contributed by atoms with Gasteiger partial charge in [-0.05, 0) is 13.8 Å². The monoisotopic (exact) mass is 322 g/mol. The van der Waals surface area contributed by atoms with Crippen LogP contribution in [0.1, 0.15) is 50.7 Å². The number of morpholine rings is 1. The van der Waals surface area contributed by atoms with Crippen LogP contribution in [0.4, 0.5) is 0 Å². The molecule has 1 aliphatic rings. The normalized spacial score (nSPS) is 23.0. The highest BCUT2D eigenvalue weighted by molar-refractivity contribution is 5.95. The zero-order valence-corrected chi connectivity index (χ0v) is 15.2. The van der Waals surface area contributed by atoms with Crippen molar-refractivity contribution in [3.63, 3.8) is 0 Å². The van der Waals surface area contributed by atoms with E-state index in [0.29, 0.717) is 12.1 Å². The van der Waals surface area contributed by atoms with Gasteiger partial charge in [-0.2, -0.15) is 5.10 Å². The third-order valence-electron chi connectivity index (χ3n) is 4.21. The maximum Gasteiger partial charge on any atom is 0.257 e. The molecule has 1 aliphatic heterocycles. The minimum Gasteiger partial charge on any atom is -0.373 e. The number of hydrogen-bond acceptors (Lipinski definition) is 4. The molecule has 1 saturated heterocycles. The Balaban J connectivity index is 1.94. The molecular weight excluding hydrogens is 292 g/mol. The van der Waals surface area contributed by atoms with E-state index >= 15 is 0 Å². The molecule has 23 heavy (non-hydrogen) atoms. The van der Waals surface area contributed by atoms with Gasteiger partial charge >= 0.3 is 0 Å². The van der Waals surface area contributed by atoms with Crippen LogP contribution in [0.25, 0.3) is 0 Å². The highest BCUT2D eigenvalue weighted by Crippen LogP contribution is 2.24. The third kappa shape index (κ3) is 4.54. The predicted molar refractivity (Wildman–Crippen MR) is 90.7 cm³/mol. The van der Waals surface area contributed by atoms with Gasteiger partial charge in [-0.3, -0.25) is 14.8 Å². The van der Waals surface area contributed by atoms with Gasteiger partial charge in [0, 0.05) is 38.6 Å². The van der Waals surface area contributed by atoms with Crippen molar-refractivity contribution in [1.82, 2.24) is 20.0 Å². The zero-order valence-electron chi connectivity index (χ0n) is 15.2. The minimum absolute atomic E-state index is 0.0260. The Morgan fingerprint density at radius 3 is 2.57 bits per heavy atom. The molecule has 1 aromatic rings. The third-order valence-corrected chi connectivity index (χ3v) is 4.21. The lowest BCUT2D eigenvalue weighted by atomic mass is 9.89. The molecule has 0 spiro atoms. The van der Waals surface area contributed by atoms with E-state index in [1.807, 2.05) is 7.05 Å². The molecule has 2 atom stereocenters. The number of ether oxygens (including phenoxy) is 1. The highest BCUT2D eigenvalue weighted by Gasteiger charge is 2.27. The van der Waals surface area contributed by atoms with E-state index in [1.165, 1.54) is 0 Å². The van der Waals surface area contributed by atoms with E-state index in [2.05, 4.69) is 49.7 Å². The largest absolute Gasteiger partial charge is 0.373 e. The first-order valence-electron chi connectivity index (χ1n) is 8.35. The lowest BCUT2D eigenvalue weighted by Gasteiger charge is -2.36. The van der Waals surface area contributed by atoms with Crippen LogP contribution < -0.4 is 0 Å². The van der Waals surface area contributed by atoms with Crippen LogP contribution in [0.15, 0.2) is 6.20 Å². The van der Waals surface area contributed by atoms with Crippen LogP contribution in [0.3, 0.4) is 0 Å². The Morgan fingerprint density at radius 1 is 1.39 bits per heavy atom. The van der Waals surface area contributed by atoms with Crippen molar-refractivity contribution in [3.8, 4) is 0 Å². The fraction of sp³-hybridized carbons (Fsp3) is 0.765. The number of carbonyl (C=O) groups excluding carboxylic acids is 1. The first-order valence-corrected chi connectivity index (χ1v) is 8.35. The van der Waals surface area contributed by atoms with Crippen LogP contribution in [0, 0.1) is 0 Å². The van der Waals surface area contributed by atoms with Gasteiger partial charge in [-0.1, -0.05) is 20.8 Å². The second kappa shape index (κ2) is 7.01. The molecule has 0 radical (unpaired) electrons. The molecule has 1 aromatic heterocycles.